The first kappa shape index (κ1) is 19.1. The number of methoxy groups -OCH3 is 2. The van der Waals surface area contributed by atoms with Crippen molar-refractivity contribution in [3.63, 3.8) is 0 Å². The zero-order valence-corrected chi connectivity index (χ0v) is 16.8. The van der Waals surface area contributed by atoms with Gasteiger partial charge in [0.05, 0.1) is 20.0 Å². The number of carbonyl (C=O) groups is 1. The molecule has 0 aliphatic rings. The van der Waals surface area contributed by atoms with Crippen LogP contribution in [0.25, 0.3) is 11.4 Å². The molecular formula is C16H18N6O3S2. The molecule has 2 aromatic heterocycles. The lowest BCUT2D eigenvalue weighted by atomic mass is 10.2. The molecule has 27 heavy (non-hydrogen) atoms. The first-order valence-corrected chi connectivity index (χ1v) is 9.66. The molecule has 142 valence electrons. The fourth-order valence-corrected chi connectivity index (χ4v) is 3.62. The van der Waals surface area contributed by atoms with Crippen LogP contribution in [-0.2, 0) is 11.8 Å². The second-order valence-electron chi connectivity index (χ2n) is 5.40. The SMILES string of the molecule is COc1ccc(-c2nnc(SCC(=O)Nc3nnc(C)s3)n2C)cc1OC. The minimum Gasteiger partial charge on any atom is -0.493 e. The molecule has 1 amide bonds. The molecule has 2 heterocycles. The van der Waals surface area contributed by atoms with Crippen molar-refractivity contribution in [1.29, 1.82) is 0 Å². The van der Waals surface area contributed by atoms with Gasteiger partial charge in [0.15, 0.2) is 22.5 Å². The maximum Gasteiger partial charge on any atom is 0.236 e. The predicted octanol–water partition coefficient (Wildman–Crippen LogP) is 2.39. The van der Waals surface area contributed by atoms with Crippen molar-refractivity contribution in [2.24, 2.45) is 7.05 Å². The molecule has 0 bridgehead atoms. The van der Waals surface area contributed by atoms with Gasteiger partial charge in [-0.1, -0.05) is 23.1 Å². The summed E-state index contributed by atoms with van der Waals surface area (Å²) in [6, 6.07) is 5.53. The standard InChI is InChI=1S/C16H18N6O3S2/c1-9-18-20-15(27-9)17-13(23)8-26-16-21-19-14(22(16)2)10-5-6-11(24-3)12(7-10)25-4/h5-7H,8H2,1-4H3,(H,17,20,23). The number of rotatable bonds is 7. The quantitative estimate of drug-likeness (QED) is 0.597. The molecule has 0 saturated heterocycles. The lowest BCUT2D eigenvalue weighted by Gasteiger charge is -2.09. The highest BCUT2D eigenvalue weighted by Gasteiger charge is 2.15. The number of benzene rings is 1. The monoisotopic (exact) mass is 406 g/mol. The molecule has 0 aliphatic carbocycles. The fourth-order valence-electron chi connectivity index (χ4n) is 2.30. The van der Waals surface area contributed by atoms with Crippen LogP contribution in [0, 0.1) is 6.92 Å². The summed E-state index contributed by atoms with van der Waals surface area (Å²) in [5, 5.41) is 20.8. The number of anilines is 1. The Balaban J connectivity index is 1.69. The van der Waals surface area contributed by atoms with Crippen LogP contribution in [0.15, 0.2) is 23.4 Å². The highest BCUT2D eigenvalue weighted by Crippen LogP contribution is 2.32. The smallest absolute Gasteiger partial charge is 0.236 e. The highest BCUT2D eigenvalue weighted by molar-refractivity contribution is 7.99. The highest BCUT2D eigenvalue weighted by atomic mass is 32.2. The topological polar surface area (TPSA) is 104 Å². The van der Waals surface area contributed by atoms with Gasteiger partial charge in [-0.05, 0) is 25.1 Å². The van der Waals surface area contributed by atoms with Crippen LogP contribution in [0.4, 0.5) is 5.13 Å². The Morgan fingerprint density at radius 3 is 2.63 bits per heavy atom. The van der Waals surface area contributed by atoms with Gasteiger partial charge < -0.3 is 14.0 Å². The molecule has 0 unspecified atom stereocenters. The molecule has 1 N–H and O–H groups in total. The third kappa shape index (κ3) is 4.37. The summed E-state index contributed by atoms with van der Waals surface area (Å²) in [7, 11) is 5.01. The van der Waals surface area contributed by atoms with Gasteiger partial charge in [0.25, 0.3) is 0 Å². The Morgan fingerprint density at radius 2 is 1.96 bits per heavy atom. The van der Waals surface area contributed by atoms with Crippen molar-refractivity contribution in [1.82, 2.24) is 25.0 Å². The average molecular weight is 406 g/mol. The first-order chi connectivity index (χ1) is 13.0. The Labute approximate surface area is 164 Å². The van der Waals surface area contributed by atoms with E-state index in [9.17, 15) is 4.79 Å². The van der Waals surface area contributed by atoms with E-state index in [1.54, 1.807) is 14.2 Å². The van der Waals surface area contributed by atoms with E-state index in [4.69, 9.17) is 9.47 Å². The molecule has 3 rings (SSSR count). The number of carbonyl (C=O) groups excluding carboxylic acids is 1. The van der Waals surface area contributed by atoms with Crippen LogP contribution in [0.3, 0.4) is 0 Å². The summed E-state index contributed by atoms with van der Waals surface area (Å²) in [6.45, 7) is 1.83. The van der Waals surface area contributed by atoms with Gasteiger partial charge >= 0.3 is 0 Å². The van der Waals surface area contributed by atoms with Gasteiger partial charge in [-0.15, -0.1) is 20.4 Å². The van der Waals surface area contributed by atoms with Crippen molar-refractivity contribution in [3.8, 4) is 22.9 Å². The Kier molecular flexibility index (Phi) is 5.91. The van der Waals surface area contributed by atoms with E-state index in [1.165, 1.54) is 23.1 Å². The van der Waals surface area contributed by atoms with Gasteiger partial charge in [0.1, 0.15) is 5.01 Å². The molecule has 0 radical (unpaired) electrons. The van der Waals surface area contributed by atoms with Crippen molar-refractivity contribution in [2.45, 2.75) is 12.1 Å². The summed E-state index contributed by atoms with van der Waals surface area (Å²) in [4.78, 5) is 12.1. The lowest BCUT2D eigenvalue weighted by molar-refractivity contribution is -0.113. The minimum absolute atomic E-state index is 0.174. The molecule has 3 aromatic rings. The number of ether oxygens (including phenoxy) is 2. The van der Waals surface area contributed by atoms with Gasteiger partial charge in [-0.3, -0.25) is 10.1 Å². The maximum atomic E-state index is 12.1. The van der Waals surface area contributed by atoms with Crippen molar-refractivity contribution in [3.05, 3.63) is 23.2 Å². The van der Waals surface area contributed by atoms with E-state index >= 15 is 0 Å². The van der Waals surface area contributed by atoms with Crippen LogP contribution in [-0.4, -0.2) is 50.8 Å². The van der Waals surface area contributed by atoms with Crippen LogP contribution in [0.5, 0.6) is 11.5 Å². The number of thioether (sulfide) groups is 1. The maximum absolute atomic E-state index is 12.1. The summed E-state index contributed by atoms with van der Waals surface area (Å²) < 4.78 is 12.4. The molecule has 0 fully saturated rings. The zero-order chi connectivity index (χ0) is 19.4. The number of amides is 1. The van der Waals surface area contributed by atoms with E-state index in [0.717, 1.165) is 10.6 Å². The molecule has 0 spiro atoms. The molecule has 0 saturated carbocycles. The molecular weight excluding hydrogens is 388 g/mol. The second-order valence-corrected chi connectivity index (χ2v) is 7.52. The Hall–Kier alpha value is -2.66. The number of aryl methyl sites for hydroxylation is 1. The lowest BCUT2D eigenvalue weighted by Crippen LogP contribution is -2.14. The molecule has 0 atom stereocenters. The van der Waals surface area contributed by atoms with E-state index in [1.807, 2.05) is 36.7 Å². The van der Waals surface area contributed by atoms with Crippen LogP contribution in [0.2, 0.25) is 0 Å². The summed E-state index contributed by atoms with van der Waals surface area (Å²) in [5.74, 6) is 1.93. The summed E-state index contributed by atoms with van der Waals surface area (Å²) in [5.41, 5.74) is 0.836. The molecule has 0 aliphatic heterocycles. The third-order valence-electron chi connectivity index (χ3n) is 3.58. The van der Waals surface area contributed by atoms with Gasteiger partial charge in [-0.25, -0.2) is 0 Å². The number of aromatic nitrogens is 5. The Bertz CT molecular complexity index is 956. The minimum atomic E-state index is -0.174. The van der Waals surface area contributed by atoms with Crippen LogP contribution in [0.1, 0.15) is 5.01 Å². The van der Waals surface area contributed by atoms with Gasteiger partial charge in [0, 0.05) is 12.6 Å². The summed E-state index contributed by atoms with van der Waals surface area (Å²) in [6.07, 6.45) is 0. The van der Waals surface area contributed by atoms with Crippen LogP contribution < -0.4 is 14.8 Å². The van der Waals surface area contributed by atoms with Crippen molar-refractivity contribution < 1.29 is 14.3 Å². The normalized spacial score (nSPS) is 10.7. The van der Waals surface area contributed by atoms with Crippen molar-refractivity contribution >= 4 is 34.1 Å². The molecule has 1 aromatic carbocycles. The first-order valence-electron chi connectivity index (χ1n) is 7.86. The van der Waals surface area contributed by atoms with E-state index in [-0.39, 0.29) is 11.7 Å². The summed E-state index contributed by atoms with van der Waals surface area (Å²) >= 11 is 2.62. The van der Waals surface area contributed by atoms with Crippen molar-refractivity contribution in [2.75, 3.05) is 25.3 Å². The zero-order valence-electron chi connectivity index (χ0n) is 15.2. The largest absolute Gasteiger partial charge is 0.493 e. The fraction of sp³-hybridized carbons (Fsp3) is 0.312. The number of hydrogen-bond acceptors (Lipinski definition) is 9. The molecule has 11 heteroatoms. The van der Waals surface area contributed by atoms with Gasteiger partial charge in [0.2, 0.25) is 11.0 Å². The number of nitrogens with zero attached hydrogens (tertiary/aromatic N) is 5. The average Bonchev–Trinajstić information content (AvgIpc) is 3.24. The van der Waals surface area contributed by atoms with E-state index < -0.39 is 0 Å². The molecule has 9 nitrogen and oxygen atoms in total. The number of nitrogens with one attached hydrogen (secondary N) is 1. The third-order valence-corrected chi connectivity index (χ3v) is 5.36. The Morgan fingerprint density at radius 1 is 1.19 bits per heavy atom. The van der Waals surface area contributed by atoms with Crippen LogP contribution >= 0.6 is 23.1 Å². The second kappa shape index (κ2) is 8.35. The van der Waals surface area contributed by atoms with E-state index in [0.29, 0.717) is 27.6 Å². The predicted molar refractivity (Wildman–Crippen MR) is 104 cm³/mol. The van der Waals surface area contributed by atoms with E-state index in [2.05, 4.69) is 25.7 Å². The van der Waals surface area contributed by atoms with Gasteiger partial charge in [-0.2, -0.15) is 0 Å². The number of hydrogen-bond donors (Lipinski definition) is 1.